The Labute approximate surface area is 152 Å². The molecule has 1 fully saturated rings. The Morgan fingerprint density at radius 1 is 1.31 bits per heavy atom. The largest absolute Gasteiger partial charge is 0.451 e. The van der Waals surface area contributed by atoms with Gasteiger partial charge in [-0.05, 0) is 31.9 Å². The van der Waals surface area contributed by atoms with Crippen LogP contribution in [0, 0.1) is 0 Å². The molecule has 0 aromatic heterocycles. The Morgan fingerprint density at radius 3 is 2.69 bits per heavy atom. The monoisotopic (exact) mass is 379 g/mol. The summed E-state index contributed by atoms with van der Waals surface area (Å²) < 4.78 is 33.7. The van der Waals surface area contributed by atoms with E-state index in [-0.39, 0.29) is 16.6 Å². The summed E-state index contributed by atoms with van der Waals surface area (Å²) in [5.41, 5.74) is 0.490. The van der Waals surface area contributed by atoms with Gasteiger partial charge in [0.25, 0.3) is 15.9 Å². The minimum Gasteiger partial charge on any atom is -0.451 e. The lowest BCUT2D eigenvalue weighted by atomic mass is 10.1. The van der Waals surface area contributed by atoms with Crippen LogP contribution in [-0.2, 0) is 24.3 Å². The van der Waals surface area contributed by atoms with Crippen molar-refractivity contribution in [2.24, 2.45) is 4.40 Å². The molecular formula is C17H21N3O5S. The van der Waals surface area contributed by atoms with Gasteiger partial charge in [-0.1, -0.05) is 12.1 Å². The number of carbonyl (C=O) groups is 2. The molecule has 2 heterocycles. The summed E-state index contributed by atoms with van der Waals surface area (Å²) in [6.07, 6.45) is 0.321. The van der Waals surface area contributed by atoms with Crippen LogP contribution in [0.1, 0.15) is 25.3 Å². The zero-order valence-electron chi connectivity index (χ0n) is 14.9. The number of hydrogen-bond acceptors (Lipinski definition) is 6. The van der Waals surface area contributed by atoms with E-state index in [0.29, 0.717) is 24.9 Å². The number of benzene rings is 1. The number of likely N-dealkylation sites (tertiary alicyclic amines) is 1. The van der Waals surface area contributed by atoms with Gasteiger partial charge in [0.1, 0.15) is 10.9 Å². The average molecular weight is 379 g/mol. The highest BCUT2D eigenvalue weighted by Crippen LogP contribution is 2.31. The Kier molecular flexibility index (Phi) is 4.74. The third-order valence-corrected chi connectivity index (χ3v) is 5.82. The van der Waals surface area contributed by atoms with Crippen molar-refractivity contribution in [3.05, 3.63) is 29.8 Å². The van der Waals surface area contributed by atoms with Crippen LogP contribution in [0.5, 0.6) is 0 Å². The molecule has 0 bridgehead atoms. The topological polar surface area (TPSA) is 96.3 Å². The molecule has 2 aliphatic rings. The van der Waals surface area contributed by atoms with E-state index in [2.05, 4.69) is 4.40 Å². The van der Waals surface area contributed by atoms with Gasteiger partial charge < -0.3 is 14.5 Å². The minimum atomic E-state index is -3.76. The number of nitrogens with zero attached hydrogens (tertiary/aromatic N) is 3. The van der Waals surface area contributed by atoms with Crippen LogP contribution in [0.15, 0.2) is 33.6 Å². The molecule has 2 atom stereocenters. The molecule has 1 aromatic rings. The second-order valence-corrected chi connectivity index (χ2v) is 8.12. The Morgan fingerprint density at radius 2 is 2.00 bits per heavy atom. The average Bonchev–Trinajstić information content (AvgIpc) is 3.17. The van der Waals surface area contributed by atoms with Crippen molar-refractivity contribution in [3.8, 4) is 0 Å². The molecule has 0 radical (unpaired) electrons. The van der Waals surface area contributed by atoms with Crippen LogP contribution in [0.4, 0.5) is 0 Å². The van der Waals surface area contributed by atoms with Crippen LogP contribution in [0.2, 0.25) is 0 Å². The molecule has 9 heteroatoms. The van der Waals surface area contributed by atoms with E-state index in [1.165, 1.54) is 17.9 Å². The summed E-state index contributed by atoms with van der Waals surface area (Å²) in [5, 5.41) is 0. The zero-order chi connectivity index (χ0) is 19.1. The van der Waals surface area contributed by atoms with Crippen molar-refractivity contribution >= 4 is 27.7 Å². The lowest BCUT2D eigenvalue weighted by Crippen LogP contribution is -2.44. The van der Waals surface area contributed by atoms with E-state index >= 15 is 0 Å². The van der Waals surface area contributed by atoms with Crippen LogP contribution < -0.4 is 0 Å². The highest BCUT2D eigenvalue weighted by atomic mass is 32.2. The summed E-state index contributed by atoms with van der Waals surface area (Å²) in [7, 11) is -0.582. The van der Waals surface area contributed by atoms with Crippen molar-refractivity contribution in [3.63, 3.8) is 0 Å². The number of likely N-dealkylation sites (N-methyl/N-ethyl adjacent to an activating group) is 1. The standard InChI is InChI=1S/C17H21N3O5S/c1-11(16(21)19(2)3)25-17(22)13-8-6-10-20(13)15-12-7-4-5-9-14(12)26(23,24)18-15/h4-5,7,9,11,13H,6,8,10H2,1-3H3/t11-,13+/m1/s1. The number of esters is 1. The molecule has 2 aliphatic heterocycles. The van der Waals surface area contributed by atoms with Gasteiger partial charge in [0.15, 0.2) is 11.9 Å². The van der Waals surface area contributed by atoms with Crippen molar-refractivity contribution in [1.29, 1.82) is 0 Å². The molecule has 140 valence electrons. The molecule has 8 nitrogen and oxygen atoms in total. The van der Waals surface area contributed by atoms with Gasteiger partial charge in [0.2, 0.25) is 0 Å². The van der Waals surface area contributed by atoms with E-state index in [9.17, 15) is 18.0 Å². The highest BCUT2D eigenvalue weighted by Gasteiger charge is 2.40. The molecule has 0 N–H and O–H groups in total. The molecule has 0 aliphatic carbocycles. The lowest BCUT2D eigenvalue weighted by molar-refractivity contribution is -0.160. The summed E-state index contributed by atoms with van der Waals surface area (Å²) in [6.45, 7) is 2.02. The first-order chi connectivity index (χ1) is 12.2. The number of amidine groups is 1. The van der Waals surface area contributed by atoms with E-state index in [1.807, 2.05) is 0 Å². The van der Waals surface area contributed by atoms with E-state index in [0.717, 1.165) is 0 Å². The molecule has 3 rings (SSSR count). The van der Waals surface area contributed by atoms with E-state index in [1.54, 1.807) is 37.2 Å². The van der Waals surface area contributed by atoms with Crippen LogP contribution in [-0.4, -0.2) is 68.7 Å². The maximum Gasteiger partial charge on any atom is 0.329 e. The van der Waals surface area contributed by atoms with Crippen LogP contribution >= 0.6 is 0 Å². The van der Waals surface area contributed by atoms with Crippen molar-refractivity contribution < 1.29 is 22.7 Å². The maximum absolute atomic E-state index is 12.6. The SMILES string of the molecule is C[C@@H](OC(=O)[C@@H]1CCCN1C1=NS(=O)(=O)c2ccccc21)C(=O)N(C)C. The number of hydrogen-bond donors (Lipinski definition) is 0. The third-order valence-electron chi connectivity index (χ3n) is 4.49. The van der Waals surface area contributed by atoms with Gasteiger partial charge >= 0.3 is 5.97 Å². The molecular weight excluding hydrogens is 358 g/mol. The first-order valence-electron chi connectivity index (χ1n) is 8.35. The highest BCUT2D eigenvalue weighted by molar-refractivity contribution is 7.90. The first-order valence-corrected chi connectivity index (χ1v) is 9.79. The van der Waals surface area contributed by atoms with Gasteiger partial charge in [0.05, 0.1) is 0 Å². The third kappa shape index (κ3) is 3.18. The number of ether oxygens (including phenoxy) is 1. The number of amides is 1. The smallest absolute Gasteiger partial charge is 0.329 e. The fraction of sp³-hybridized carbons (Fsp3) is 0.471. The Hall–Kier alpha value is -2.42. The second-order valence-electron chi connectivity index (χ2n) is 6.55. The fourth-order valence-electron chi connectivity index (χ4n) is 3.23. The predicted molar refractivity (Wildman–Crippen MR) is 94.1 cm³/mol. The van der Waals surface area contributed by atoms with Crippen LogP contribution in [0.25, 0.3) is 0 Å². The predicted octanol–water partition coefficient (Wildman–Crippen LogP) is 0.620. The molecule has 26 heavy (non-hydrogen) atoms. The number of carbonyl (C=O) groups excluding carboxylic acids is 2. The summed E-state index contributed by atoms with van der Waals surface area (Å²) in [4.78, 5) is 27.7. The summed E-state index contributed by atoms with van der Waals surface area (Å²) in [6, 6.07) is 5.89. The van der Waals surface area contributed by atoms with Gasteiger partial charge in [-0.15, -0.1) is 4.40 Å². The van der Waals surface area contributed by atoms with Gasteiger partial charge in [-0.25, -0.2) is 4.79 Å². The minimum absolute atomic E-state index is 0.144. The number of sulfonamides is 1. The molecule has 0 spiro atoms. The first kappa shape index (κ1) is 18.4. The zero-order valence-corrected chi connectivity index (χ0v) is 15.7. The summed E-state index contributed by atoms with van der Waals surface area (Å²) in [5.74, 6) is -0.588. The van der Waals surface area contributed by atoms with Gasteiger partial charge in [0, 0.05) is 26.2 Å². The molecule has 1 amide bonds. The Bertz CT molecular complexity index is 878. The van der Waals surface area contributed by atoms with Crippen molar-refractivity contribution in [1.82, 2.24) is 9.80 Å². The molecule has 1 aromatic carbocycles. The van der Waals surface area contributed by atoms with Crippen LogP contribution in [0.3, 0.4) is 0 Å². The number of fused-ring (bicyclic) bond motifs is 1. The second kappa shape index (κ2) is 6.71. The quantitative estimate of drug-likeness (QED) is 0.715. The fourth-order valence-corrected chi connectivity index (χ4v) is 4.44. The molecule has 0 saturated carbocycles. The lowest BCUT2D eigenvalue weighted by Gasteiger charge is -2.26. The summed E-state index contributed by atoms with van der Waals surface area (Å²) >= 11 is 0. The normalized spacial score (nSPS) is 21.7. The van der Waals surface area contributed by atoms with Crippen molar-refractivity contribution in [2.45, 2.75) is 36.8 Å². The molecule has 0 unspecified atom stereocenters. The van der Waals surface area contributed by atoms with Gasteiger partial charge in [-0.2, -0.15) is 8.42 Å². The molecule has 1 saturated heterocycles. The Balaban J connectivity index is 1.84. The van der Waals surface area contributed by atoms with Gasteiger partial charge in [-0.3, -0.25) is 4.79 Å². The maximum atomic E-state index is 12.6. The van der Waals surface area contributed by atoms with Crippen molar-refractivity contribution in [2.75, 3.05) is 20.6 Å². The van der Waals surface area contributed by atoms with E-state index < -0.39 is 28.1 Å². The number of rotatable bonds is 3. The van der Waals surface area contributed by atoms with E-state index in [4.69, 9.17) is 4.74 Å².